The van der Waals surface area contributed by atoms with Crippen LogP contribution in [-0.2, 0) is 48.3 Å². The van der Waals surface area contributed by atoms with Crippen LogP contribution in [0.3, 0.4) is 0 Å². The van der Waals surface area contributed by atoms with Crippen LogP contribution in [0.5, 0.6) is 0 Å². The zero-order valence-corrected chi connectivity index (χ0v) is 29.3. The normalized spacial score (nSPS) is 11.1. The third-order valence-electron chi connectivity index (χ3n) is 7.26. The number of esters is 1. The summed E-state index contributed by atoms with van der Waals surface area (Å²) in [5, 5.41) is 23.8. The van der Waals surface area contributed by atoms with Crippen molar-refractivity contribution in [3.05, 3.63) is 96.6 Å². The lowest BCUT2D eigenvalue weighted by Gasteiger charge is -2.16. The van der Waals surface area contributed by atoms with E-state index in [1.165, 1.54) is 0 Å². The molecule has 0 amide bonds. The van der Waals surface area contributed by atoms with Crippen molar-refractivity contribution in [3.63, 3.8) is 0 Å². The fourth-order valence-corrected chi connectivity index (χ4v) is 5.00. The number of aromatic nitrogens is 2. The second-order valence-corrected chi connectivity index (χ2v) is 11.4. The second kappa shape index (κ2) is 21.5. The SMILES string of the molecule is CCCCc1nc(Cl)c(COC(=O)CCCO[N+](=O)[O-])n1Cc1ccc(-c2ccccc2/C(N)=N/N(N)COC(=O)OCCCCO[N+](=O)[O-])cc1. The number of hydrazine groups is 1. The van der Waals surface area contributed by atoms with Gasteiger partial charge in [0.1, 0.15) is 12.4 Å². The van der Waals surface area contributed by atoms with Gasteiger partial charge in [-0.3, -0.25) is 4.79 Å². The van der Waals surface area contributed by atoms with E-state index in [0.717, 1.165) is 40.5 Å². The summed E-state index contributed by atoms with van der Waals surface area (Å²) in [4.78, 5) is 57.5. The number of imidazole rings is 1. The highest BCUT2D eigenvalue weighted by molar-refractivity contribution is 6.30. The number of aryl methyl sites for hydroxylation is 1. The molecule has 0 aliphatic rings. The highest BCUT2D eigenvalue weighted by Crippen LogP contribution is 2.26. The van der Waals surface area contributed by atoms with E-state index < -0.39 is 29.0 Å². The van der Waals surface area contributed by atoms with E-state index in [1.807, 2.05) is 41.0 Å². The number of carbonyl (C=O) groups excluding carboxylic acids is 2. The summed E-state index contributed by atoms with van der Waals surface area (Å²) in [7, 11) is 0. The molecule has 0 saturated carbocycles. The first-order valence-electron chi connectivity index (χ1n) is 16.3. The van der Waals surface area contributed by atoms with Crippen LogP contribution in [0.4, 0.5) is 4.79 Å². The van der Waals surface area contributed by atoms with E-state index in [1.54, 1.807) is 12.1 Å². The number of nitrogens with zero attached hydrogens (tertiary/aromatic N) is 6. The van der Waals surface area contributed by atoms with Gasteiger partial charge in [-0.05, 0) is 42.4 Å². The Morgan fingerprint density at radius 1 is 0.942 bits per heavy atom. The Kier molecular flexibility index (Phi) is 16.9. The highest BCUT2D eigenvalue weighted by atomic mass is 35.5. The Balaban J connectivity index is 1.65. The largest absolute Gasteiger partial charge is 0.510 e. The molecule has 0 saturated heterocycles. The summed E-state index contributed by atoms with van der Waals surface area (Å²) >= 11 is 6.50. The van der Waals surface area contributed by atoms with Gasteiger partial charge < -0.3 is 34.2 Å². The number of hydrogen-bond acceptors (Lipinski definition) is 15. The van der Waals surface area contributed by atoms with Crippen molar-refractivity contribution in [2.45, 2.75) is 65.0 Å². The molecule has 4 N–H and O–H groups in total. The van der Waals surface area contributed by atoms with Crippen LogP contribution in [0.25, 0.3) is 11.1 Å². The first-order chi connectivity index (χ1) is 25.0. The van der Waals surface area contributed by atoms with Gasteiger partial charge in [0.05, 0.1) is 25.5 Å². The summed E-state index contributed by atoms with van der Waals surface area (Å²) in [5.41, 5.74) is 9.91. The third kappa shape index (κ3) is 13.9. The van der Waals surface area contributed by atoms with Crippen LogP contribution in [0.15, 0.2) is 53.6 Å². The number of ether oxygens (including phenoxy) is 3. The lowest BCUT2D eigenvalue weighted by atomic mass is 9.98. The number of rotatable bonds is 23. The molecule has 1 aromatic heterocycles. The molecule has 20 heteroatoms. The lowest BCUT2D eigenvalue weighted by Crippen LogP contribution is -2.33. The van der Waals surface area contributed by atoms with E-state index in [-0.39, 0.29) is 50.3 Å². The smallest absolute Gasteiger partial charge is 0.459 e. The van der Waals surface area contributed by atoms with Crippen molar-refractivity contribution in [2.75, 3.05) is 26.6 Å². The van der Waals surface area contributed by atoms with Crippen molar-refractivity contribution in [1.82, 2.24) is 14.7 Å². The lowest BCUT2D eigenvalue weighted by molar-refractivity contribution is -0.757. The van der Waals surface area contributed by atoms with Crippen LogP contribution in [0.1, 0.15) is 68.1 Å². The number of unbranched alkanes of at least 4 members (excludes halogenated alkanes) is 2. The quantitative estimate of drug-likeness (QED) is 0.0198. The summed E-state index contributed by atoms with van der Waals surface area (Å²) in [6.45, 7) is 1.54. The molecule has 0 fully saturated rings. The number of hydrogen-bond donors (Lipinski definition) is 2. The summed E-state index contributed by atoms with van der Waals surface area (Å²) in [6, 6.07) is 15.0. The fraction of sp³-hybridized carbons (Fsp3) is 0.438. The van der Waals surface area contributed by atoms with Gasteiger partial charge in [-0.15, -0.1) is 25.3 Å². The van der Waals surface area contributed by atoms with Crippen molar-refractivity contribution in [3.8, 4) is 11.1 Å². The molecule has 3 aromatic rings. The minimum atomic E-state index is -0.999. The van der Waals surface area contributed by atoms with Crippen molar-refractivity contribution >= 4 is 29.6 Å². The van der Waals surface area contributed by atoms with Crippen molar-refractivity contribution in [1.29, 1.82) is 0 Å². The molecule has 0 aliphatic carbocycles. The second-order valence-electron chi connectivity index (χ2n) is 11.1. The molecular weight excluding hydrogens is 708 g/mol. The molecular formula is C32H41ClN8O11. The molecule has 0 unspecified atom stereocenters. The van der Waals surface area contributed by atoms with Gasteiger partial charge in [0.25, 0.3) is 10.2 Å². The minimum absolute atomic E-state index is 0.0258. The monoisotopic (exact) mass is 748 g/mol. The predicted octanol–water partition coefficient (Wildman–Crippen LogP) is 4.52. The number of nitrogens with two attached hydrogens (primary N) is 2. The zero-order valence-electron chi connectivity index (χ0n) is 28.5. The molecule has 282 valence electrons. The maximum absolute atomic E-state index is 12.3. The minimum Gasteiger partial charge on any atom is -0.459 e. The maximum Gasteiger partial charge on any atom is 0.510 e. The van der Waals surface area contributed by atoms with Crippen molar-refractivity contribution < 1.29 is 43.6 Å². The van der Waals surface area contributed by atoms with E-state index >= 15 is 0 Å². The van der Waals surface area contributed by atoms with E-state index in [2.05, 4.69) is 26.7 Å². The van der Waals surface area contributed by atoms with Gasteiger partial charge in [0.2, 0.25) is 0 Å². The van der Waals surface area contributed by atoms with Crippen LogP contribution in [-0.4, -0.2) is 69.4 Å². The van der Waals surface area contributed by atoms with Gasteiger partial charge in [-0.25, -0.2) is 15.6 Å². The first-order valence-corrected chi connectivity index (χ1v) is 16.6. The zero-order chi connectivity index (χ0) is 37.9. The molecule has 52 heavy (non-hydrogen) atoms. The van der Waals surface area contributed by atoms with Crippen LogP contribution >= 0.6 is 11.6 Å². The molecule has 0 aliphatic heterocycles. The van der Waals surface area contributed by atoms with Crippen LogP contribution in [0.2, 0.25) is 5.15 Å². The number of carbonyl (C=O) groups is 2. The Bertz CT molecular complexity index is 1670. The Labute approximate surface area is 303 Å². The average Bonchev–Trinajstić information content (AvgIpc) is 3.41. The van der Waals surface area contributed by atoms with Gasteiger partial charge in [0.15, 0.2) is 17.7 Å². The topological polar surface area (TPSA) is 252 Å². The van der Waals surface area contributed by atoms with Crippen LogP contribution < -0.4 is 11.6 Å². The predicted molar refractivity (Wildman–Crippen MR) is 185 cm³/mol. The molecule has 19 nitrogen and oxygen atoms in total. The van der Waals surface area contributed by atoms with Crippen molar-refractivity contribution in [2.24, 2.45) is 16.7 Å². The van der Waals surface area contributed by atoms with E-state index in [9.17, 15) is 29.8 Å². The number of benzene rings is 2. The molecule has 0 bridgehead atoms. The Morgan fingerprint density at radius 3 is 2.31 bits per heavy atom. The molecule has 0 atom stereocenters. The van der Waals surface area contributed by atoms with Crippen LogP contribution in [0, 0.1) is 20.2 Å². The summed E-state index contributed by atoms with van der Waals surface area (Å²) < 4.78 is 17.2. The van der Waals surface area contributed by atoms with E-state index in [0.29, 0.717) is 37.1 Å². The molecule has 2 aromatic carbocycles. The van der Waals surface area contributed by atoms with Gasteiger partial charge in [-0.1, -0.05) is 73.5 Å². The first kappa shape index (κ1) is 40.7. The summed E-state index contributed by atoms with van der Waals surface area (Å²) in [5.74, 6) is 6.14. The fourth-order valence-electron chi connectivity index (χ4n) is 4.74. The molecule has 3 rings (SSSR count). The van der Waals surface area contributed by atoms with Gasteiger partial charge in [0, 0.05) is 24.9 Å². The third-order valence-corrected chi connectivity index (χ3v) is 7.57. The number of hydrazone groups is 1. The highest BCUT2D eigenvalue weighted by Gasteiger charge is 2.18. The Morgan fingerprint density at radius 2 is 1.62 bits per heavy atom. The standard InChI is InChI=1S/C32H41ClN8O11/c1-2-3-11-28-36-30(33)27(21-49-29(42)12-8-19-52-41(46)47)38(28)20-23-13-15-24(16-14-23)25-9-4-5-10-26(25)31(34)37-39(35)22-50-32(43)48-17-6-7-18-51-40(44)45/h4-5,9-10,13-16H,2-3,6-8,11-12,17-22,35H2,1H3,(H2,34,37). The summed E-state index contributed by atoms with van der Waals surface area (Å²) in [6.07, 6.45) is 2.22. The number of halogens is 1. The maximum atomic E-state index is 12.3. The molecule has 1 heterocycles. The van der Waals surface area contributed by atoms with Gasteiger partial charge in [-0.2, -0.15) is 5.12 Å². The molecule has 0 radical (unpaired) electrons. The average molecular weight is 749 g/mol. The van der Waals surface area contributed by atoms with E-state index in [4.69, 9.17) is 37.4 Å². The van der Waals surface area contributed by atoms with Gasteiger partial charge >= 0.3 is 12.1 Å². The Hall–Kier alpha value is -5.69. The molecule has 0 spiro atoms. The number of amidine groups is 1.